The van der Waals surface area contributed by atoms with E-state index in [2.05, 4.69) is 14.9 Å². The number of ether oxygens (including phenoxy) is 1. The van der Waals surface area contributed by atoms with Gasteiger partial charge in [-0.15, -0.1) is 0 Å². The molecule has 4 nitrogen and oxygen atoms in total. The van der Waals surface area contributed by atoms with Crippen molar-refractivity contribution in [3.05, 3.63) is 40.8 Å². The van der Waals surface area contributed by atoms with Crippen LogP contribution in [0.1, 0.15) is 17.7 Å². The molecule has 0 bridgehead atoms. The number of nitrogens with zero attached hydrogens (tertiary/aromatic N) is 3. The molecule has 0 saturated heterocycles. The van der Waals surface area contributed by atoms with Crippen molar-refractivity contribution in [1.82, 2.24) is 9.97 Å². The standard InChI is InChI=1S/C15H16ClN3O/c1-19(10-6-8-11(20-2)9-7-10)14-12-4-3-5-13(12)17-15(16)18-14/h6-9H,3-5H2,1-2H3. The van der Waals surface area contributed by atoms with Gasteiger partial charge >= 0.3 is 0 Å². The first-order chi connectivity index (χ1) is 9.69. The number of anilines is 2. The lowest BCUT2D eigenvalue weighted by Crippen LogP contribution is -2.14. The highest BCUT2D eigenvalue weighted by Gasteiger charge is 2.21. The molecule has 0 unspecified atom stereocenters. The SMILES string of the molecule is COc1ccc(N(C)c2nc(Cl)nc3c2CCC3)cc1. The third-order valence-electron chi connectivity index (χ3n) is 3.66. The van der Waals surface area contributed by atoms with E-state index < -0.39 is 0 Å². The summed E-state index contributed by atoms with van der Waals surface area (Å²) in [5, 5.41) is 0.320. The molecule has 3 rings (SSSR count). The van der Waals surface area contributed by atoms with E-state index >= 15 is 0 Å². The van der Waals surface area contributed by atoms with Crippen LogP contribution in [0.3, 0.4) is 0 Å². The summed E-state index contributed by atoms with van der Waals surface area (Å²) in [7, 11) is 3.66. The summed E-state index contributed by atoms with van der Waals surface area (Å²) in [6.45, 7) is 0. The molecule has 20 heavy (non-hydrogen) atoms. The molecule has 0 N–H and O–H groups in total. The fourth-order valence-corrected chi connectivity index (χ4v) is 2.77. The summed E-state index contributed by atoms with van der Waals surface area (Å²) in [6.07, 6.45) is 3.12. The fourth-order valence-electron chi connectivity index (χ4n) is 2.59. The van der Waals surface area contributed by atoms with Crippen molar-refractivity contribution in [3.63, 3.8) is 0 Å². The average molecular weight is 290 g/mol. The molecule has 1 aromatic carbocycles. The number of hydrogen-bond donors (Lipinski definition) is 0. The number of aryl methyl sites for hydroxylation is 1. The predicted octanol–water partition coefficient (Wildman–Crippen LogP) is 3.40. The molecule has 104 valence electrons. The zero-order chi connectivity index (χ0) is 14.1. The van der Waals surface area contributed by atoms with Crippen LogP contribution < -0.4 is 9.64 Å². The lowest BCUT2D eigenvalue weighted by molar-refractivity contribution is 0.415. The van der Waals surface area contributed by atoms with Crippen molar-refractivity contribution in [1.29, 1.82) is 0 Å². The predicted molar refractivity (Wildman–Crippen MR) is 80.1 cm³/mol. The van der Waals surface area contributed by atoms with E-state index in [9.17, 15) is 0 Å². The van der Waals surface area contributed by atoms with Gasteiger partial charge in [-0.25, -0.2) is 4.98 Å². The van der Waals surface area contributed by atoms with Crippen molar-refractivity contribution in [3.8, 4) is 5.75 Å². The van der Waals surface area contributed by atoms with Gasteiger partial charge < -0.3 is 9.64 Å². The second kappa shape index (κ2) is 5.29. The molecule has 0 fully saturated rings. The number of methoxy groups -OCH3 is 1. The van der Waals surface area contributed by atoms with E-state index in [1.165, 1.54) is 5.56 Å². The van der Waals surface area contributed by atoms with Gasteiger partial charge in [-0.1, -0.05) is 0 Å². The zero-order valence-electron chi connectivity index (χ0n) is 11.6. The van der Waals surface area contributed by atoms with Gasteiger partial charge in [-0.3, -0.25) is 0 Å². The Kier molecular flexibility index (Phi) is 3.49. The topological polar surface area (TPSA) is 38.2 Å². The van der Waals surface area contributed by atoms with Crippen LogP contribution in [0.4, 0.5) is 11.5 Å². The molecule has 0 spiro atoms. The Balaban J connectivity index is 1.99. The van der Waals surface area contributed by atoms with Crippen LogP contribution in [-0.4, -0.2) is 24.1 Å². The van der Waals surface area contributed by atoms with Crippen LogP contribution in [0.2, 0.25) is 5.28 Å². The van der Waals surface area contributed by atoms with Gasteiger partial charge in [-0.05, 0) is 55.1 Å². The van der Waals surface area contributed by atoms with Gasteiger partial charge in [0.1, 0.15) is 11.6 Å². The van der Waals surface area contributed by atoms with Crippen molar-refractivity contribution < 1.29 is 4.74 Å². The van der Waals surface area contributed by atoms with Gasteiger partial charge in [0.15, 0.2) is 0 Å². The number of fused-ring (bicyclic) bond motifs is 1. The molecule has 1 heterocycles. The van der Waals surface area contributed by atoms with Crippen molar-refractivity contribution in [2.75, 3.05) is 19.1 Å². The molecular weight excluding hydrogens is 274 g/mol. The molecule has 0 aliphatic heterocycles. The minimum absolute atomic E-state index is 0.320. The molecule has 1 aliphatic carbocycles. The lowest BCUT2D eigenvalue weighted by atomic mass is 10.2. The number of halogens is 1. The van der Waals surface area contributed by atoms with E-state index in [1.807, 2.05) is 31.3 Å². The van der Waals surface area contributed by atoms with Crippen molar-refractivity contribution in [2.45, 2.75) is 19.3 Å². The highest BCUT2D eigenvalue weighted by Crippen LogP contribution is 2.33. The molecule has 0 saturated carbocycles. The first-order valence-electron chi connectivity index (χ1n) is 6.62. The molecule has 0 amide bonds. The third-order valence-corrected chi connectivity index (χ3v) is 3.83. The van der Waals surface area contributed by atoms with Crippen LogP contribution in [0.25, 0.3) is 0 Å². The maximum Gasteiger partial charge on any atom is 0.224 e. The quantitative estimate of drug-likeness (QED) is 0.812. The van der Waals surface area contributed by atoms with Crippen LogP contribution in [0.5, 0.6) is 5.75 Å². The highest BCUT2D eigenvalue weighted by molar-refractivity contribution is 6.28. The third kappa shape index (κ3) is 2.31. The zero-order valence-corrected chi connectivity index (χ0v) is 12.3. The molecular formula is C15H16ClN3O. The lowest BCUT2D eigenvalue weighted by Gasteiger charge is -2.21. The molecule has 1 aliphatic rings. The second-order valence-corrected chi connectivity index (χ2v) is 5.19. The van der Waals surface area contributed by atoms with Crippen LogP contribution in [0.15, 0.2) is 24.3 Å². The number of benzene rings is 1. The van der Waals surface area contributed by atoms with Crippen LogP contribution in [-0.2, 0) is 12.8 Å². The molecule has 5 heteroatoms. The molecule has 2 aromatic rings. The Morgan fingerprint density at radius 1 is 1.15 bits per heavy atom. The summed E-state index contributed by atoms with van der Waals surface area (Å²) >= 11 is 6.04. The summed E-state index contributed by atoms with van der Waals surface area (Å²) in [5.41, 5.74) is 3.35. The van der Waals surface area contributed by atoms with Gasteiger partial charge in [0, 0.05) is 18.3 Å². The first kappa shape index (κ1) is 13.2. The maximum atomic E-state index is 6.04. The molecule has 0 radical (unpaired) electrons. The van der Waals surface area contributed by atoms with E-state index in [1.54, 1.807) is 7.11 Å². The Morgan fingerprint density at radius 3 is 2.60 bits per heavy atom. The van der Waals surface area contributed by atoms with E-state index in [0.29, 0.717) is 5.28 Å². The second-order valence-electron chi connectivity index (χ2n) is 4.85. The Hall–Kier alpha value is -1.81. The average Bonchev–Trinajstić information content (AvgIpc) is 2.94. The number of aromatic nitrogens is 2. The fraction of sp³-hybridized carbons (Fsp3) is 0.333. The van der Waals surface area contributed by atoms with E-state index in [4.69, 9.17) is 16.3 Å². The highest BCUT2D eigenvalue weighted by atomic mass is 35.5. The molecule has 1 aromatic heterocycles. The van der Waals surface area contributed by atoms with Gasteiger partial charge in [-0.2, -0.15) is 4.98 Å². The van der Waals surface area contributed by atoms with Gasteiger partial charge in [0.25, 0.3) is 0 Å². The van der Waals surface area contributed by atoms with Crippen LogP contribution in [0, 0.1) is 0 Å². The normalized spacial score (nSPS) is 13.2. The van der Waals surface area contributed by atoms with Gasteiger partial charge in [0.05, 0.1) is 12.8 Å². The molecule has 0 atom stereocenters. The minimum atomic E-state index is 0.320. The monoisotopic (exact) mass is 289 g/mol. The number of rotatable bonds is 3. The first-order valence-corrected chi connectivity index (χ1v) is 7.00. The smallest absolute Gasteiger partial charge is 0.224 e. The summed E-state index contributed by atoms with van der Waals surface area (Å²) in [5.74, 6) is 1.75. The Morgan fingerprint density at radius 2 is 1.90 bits per heavy atom. The number of hydrogen-bond acceptors (Lipinski definition) is 4. The largest absolute Gasteiger partial charge is 0.497 e. The van der Waals surface area contributed by atoms with Crippen molar-refractivity contribution in [2.24, 2.45) is 0 Å². The van der Waals surface area contributed by atoms with Gasteiger partial charge in [0.2, 0.25) is 5.28 Å². The summed E-state index contributed by atoms with van der Waals surface area (Å²) in [6, 6.07) is 7.90. The maximum absolute atomic E-state index is 6.04. The van der Waals surface area contributed by atoms with E-state index in [0.717, 1.165) is 42.2 Å². The van der Waals surface area contributed by atoms with Crippen molar-refractivity contribution >= 4 is 23.1 Å². The van der Waals surface area contributed by atoms with Crippen LogP contribution >= 0.6 is 11.6 Å². The Labute approximate surface area is 123 Å². The Bertz CT molecular complexity index is 628. The summed E-state index contributed by atoms with van der Waals surface area (Å²) in [4.78, 5) is 10.8. The summed E-state index contributed by atoms with van der Waals surface area (Å²) < 4.78 is 5.18. The van der Waals surface area contributed by atoms with E-state index in [-0.39, 0.29) is 0 Å². The minimum Gasteiger partial charge on any atom is -0.497 e.